The van der Waals surface area contributed by atoms with E-state index >= 15 is 0 Å². The van der Waals surface area contributed by atoms with E-state index < -0.39 is 17.7 Å². The largest absolute Gasteiger partial charge is 0.388 e. The van der Waals surface area contributed by atoms with Crippen molar-refractivity contribution in [2.75, 3.05) is 7.05 Å². The maximum Gasteiger partial charge on any atom is 0.126 e. The van der Waals surface area contributed by atoms with Crippen molar-refractivity contribution in [1.29, 1.82) is 0 Å². The highest BCUT2D eigenvalue weighted by Gasteiger charge is 2.41. The molecule has 104 valence electrons. The third-order valence-corrected chi connectivity index (χ3v) is 4.81. The van der Waals surface area contributed by atoms with E-state index in [1.807, 2.05) is 0 Å². The fraction of sp³-hybridized carbons (Fsp3) is 0.600. The van der Waals surface area contributed by atoms with Crippen LogP contribution in [0.15, 0.2) is 18.2 Å². The smallest absolute Gasteiger partial charge is 0.126 e. The number of hydrogen-bond donors (Lipinski definition) is 1. The molecule has 0 aliphatic carbocycles. The highest BCUT2D eigenvalue weighted by atomic mass is 19.1. The van der Waals surface area contributed by atoms with Crippen LogP contribution in [0.25, 0.3) is 0 Å². The SMILES string of the molecule is CN1C2CCC1CC(C(O)c1cc(F)cc(F)c1)C2. The number of aliphatic hydroxyl groups excluding tert-OH is 1. The van der Waals surface area contributed by atoms with Crippen molar-refractivity contribution >= 4 is 0 Å². The number of hydrogen-bond acceptors (Lipinski definition) is 2. The number of rotatable bonds is 2. The molecule has 2 aliphatic heterocycles. The van der Waals surface area contributed by atoms with E-state index in [1.165, 1.54) is 25.0 Å². The van der Waals surface area contributed by atoms with Gasteiger partial charge in [-0.15, -0.1) is 0 Å². The Kier molecular flexibility index (Phi) is 3.31. The molecule has 1 aromatic rings. The topological polar surface area (TPSA) is 23.5 Å². The Hall–Kier alpha value is -1.00. The Balaban J connectivity index is 1.79. The van der Waals surface area contributed by atoms with Gasteiger partial charge in [-0.2, -0.15) is 0 Å². The second kappa shape index (κ2) is 4.84. The molecule has 2 bridgehead atoms. The Bertz CT molecular complexity index is 445. The van der Waals surface area contributed by atoms with Crippen LogP contribution >= 0.6 is 0 Å². The highest BCUT2D eigenvalue weighted by molar-refractivity contribution is 5.21. The number of fused-ring (bicyclic) bond motifs is 2. The van der Waals surface area contributed by atoms with Gasteiger partial charge in [0.25, 0.3) is 0 Å². The van der Waals surface area contributed by atoms with Crippen LogP contribution in [0.5, 0.6) is 0 Å². The van der Waals surface area contributed by atoms with Gasteiger partial charge >= 0.3 is 0 Å². The van der Waals surface area contributed by atoms with Crippen molar-refractivity contribution in [3.63, 3.8) is 0 Å². The molecule has 2 heterocycles. The molecule has 2 saturated heterocycles. The summed E-state index contributed by atoms with van der Waals surface area (Å²) in [5, 5.41) is 10.4. The summed E-state index contributed by atoms with van der Waals surface area (Å²) in [6, 6.07) is 4.35. The second-order valence-corrected chi connectivity index (χ2v) is 5.93. The van der Waals surface area contributed by atoms with Gasteiger partial charge in [-0.3, -0.25) is 0 Å². The first kappa shape index (κ1) is 13.0. The van der Waals surface area contributed by atoms with Gasteiger partial charge in [0.05, 0.1) is 6.10 Å². The molecule has 0 aromatic heterocycles. The Morgan fingerprint density at radius 3 is 2.16 bits per heavy atom. The molecule has 0 spiro atoms. The summed E-state index contributed by atoms with van der Waals surface area (Å²) >= 11 is 0. The van der Waals surface area contributed by atoms with Gasteiger partial charge in [0, 0.05) is 18.2 Å². The monoisotopic (exact) mass is 267 g/mol. The lowest BCUT2D eigenvalue weighted by atomic mass is 9.84. The van der Waals surface area contributed by atoms with Crippen LogP contribution in [0.4, 0.5) is 8.78 Å². The number of aliphatic hydroxyl groups is 1. The Labute approximate surface area is 112 Å². The maximum absolute atomic E-state index is 13.2. The highest BCUT2D eigenvalue weighted by Crippen LogP contribution is 2.42. The molecule has 3 unspecified atom stereocenters. The van der Waals surface area contributed by atoms with Crippen molar-refractivity contribution in [3.8, 4) is 0 Å². The van der Waals surface area contributed by atoms with Crippen molar-refractivity contribution in [1.82, 2.24) is 4.90 Å². The summed E-state index contributed by atoms with van der Waals surface area (Å²) in [6.45, 7) is 0. The van der Waals surface area contributed by atoms with E-state index in [4.69, 9.17) is 0 Å². The minimum atomic E-state index is -0.762. The average Bonchev–Trinajstić information content (AvgIpc) is 2.60. The molecule has 2 fully saturated rings. The molecule has 3 atom stereocenters. The molecule has 2 aliphatic rings. The summed E-state index contributed by atoms with van der Waals surface area (Å²) < 4.78 is 26.4. The first-order valence-electron chi connectivity index (χ1n) is 6.90. The summed E-state index contributed by atoms with van der Waals surface area (Å²) in [5.41, 5.74) is 0.367. The first-order valence-corrected chi connectivity index (χ1v) is 6.90. The van der Waals surface area contributed by atoms with Crippen molar-refractivity contribution in [2.24, 2.45) is 5.92 Å². The number of piperidine rings is 1. The molecule has 3 rings (SSSR count). The number of halogens is 2. The maximum atomic E-state index is 13.2. The van der Waals surface area contributed by atoms with E-state index in [0.29, 0.717) is 17.6 Å². The Morgan fingerprint density at radius 1 is 1.11 bits per heavy atom. The van der Waals surface area contributed by atoms with Crippen molar-refractivity contribution in [2.45, 2.75) is 43.9 Å². The summed E-state index contributed by atoms with van der Waals surface area (Å²) in [7, 11) is 2.13. The van der Waals surface area contributed by atoms with Crippen molar-refractivity contribution in [3.05, 3.63) is 35.4 Å². The van der Waals surface area contributed by atoms with Gasteiger partial charge in [0.15, 0.2) is 0 Å². The molecular formula is C15H19F2NO. The van der Waals surface area contributed by atoms with E-state index in [0.717, 1.165) is 18.9 Å². The predicted octanol–water partition coefficient (Wildman–Crippen LogP) is 2.87. The minimum absolute atomic E-state index is 0.106. The fourth-order valence-electron chi connectivity index (χ4n) is 3.73. The standard InChI is InChI=1S/C15H19F2NO/c1-18-13-2-3-14(18)7-10(6-13)15(19)9-4-11(16)8-12(17)5-9/h4-5,8,10,13-15,19H,2-3,6-7H2,1H3. The zero-order valence-electron chi connectivity index (χ0n) is 11.0. The van der Waals surface area contributed by atoms with Crippen LogP contribution in [-0.2, 0) is 0 Å². The van der Waals surface area contributed by atoms with Crippen LogP contribution < -0.4 is 0 Å². The van der Waals surface area contributed by atoms with Crippen LogP contribution in [0, 0.1) is 17.6 Å². The minimum Gasteiger partial charge on any atom is -0.388 e. The van der Waals surface area contributed by atoms with Gasteiger partial charge < -0.3 is 10.0 Å². The van der Waals surface area contributed by atoms with E-state index in [9.17, 15) is 13.9 Å². The van der Waals surface area contributed by atoms with Gasteiger partial charge in [-0.05, 0) is 56.3 Å². The molecule has 1 aromatic carbocycles. The molecule has 19 heavy (non-hydrogen) atoms. The molecule has 1 N–H and O–H groups in total. The molecule has 0 saturated carbocycles. The summed E-state index contributed by atoms with van der Waals surface area (Å²) in [6.07, 6.45) is 3.39. The second-order valence-electron chi connectivity index (χ2n) is 5.93. The fourth-order valence-corrected chi connectivity index (χ4v) is 3.73. The lowest BCUT2D eigenvalue weighted by Crippen LogP contribution is -2.41. The van der Waals surface area contributed by atoms with Crippen LogP contribution in [0.2, 0.25) is 0 Å². The van der Waals surface area contributed by atoms with Gasteiger partial charge in [-0.1, -0.05) is 0 Å². The Morgan fingerprint density at radius 2 is 1.63 bits per heavy atom. The number of benzene rings is 1. The third kappa shape index (κ3) is 2.39. The lowest BCUT2D eigenvalue weighted by Gasteiger charge is -2.38. The third-order valence-electron chi connectivity index (χ3n) is 4.81. The number of nitrogens with zero attached hydrogens (tertiary/aromatic N) is 1. The molecular weight excluding hydrogens is 248 g/mol. The van der Waals surface area contributed by atoms with Crippen molar-refractivity contribution < 1.29 is 13.9 Å². The quantitative estimate of drug-likeness (QED) is 0.890. The average molecular weight is 267 g/mol. The molecule has 4 heteroatoms. The zero-order chi connectivity index (χ0) is 13.6. The summed E-state index contributed by atoms with van der Waals surface area (Å²) in [4.78, 5) is 2.38. The predicted molar refractivity (Wildman–Crippen MR) is 68.6 cm³/mol. The molecule has 0 radical (unpaired) electrons. The van der Waals surface area contributed by atoms with E-state index in [-0.39, 0.29) is 5.92 Å². The first-order chi connectivity index (χ1) is 9.04. The summed E-state index contributed by atoms with van der Waals surface area (Å²) in [5.74, 6) is -1.13. The van der Waals surface area contributed by atoms with E-state index in [1.54, 1.807) is 0 Å². The van der Waals surface area contributed by atoms with Crippen LogP contribution in [-0.4, -0.2) is 29.1 Å². The van der Waals surface area contributed by atoms with Crippen LogP contribution in [0.3, 0.4) is 0 Å². The molecule has 2 nitrogen and oxygen atoms in total. The normalized spacial score (nSPS) is 32.5. The zero-order valence-corrected chi connectivity index (χ0v) is 11.0. The van der Waals surface area contributed by atoms with E-state index in [2.05, 4.69) is 11.9 Å². The van der Waals surface area contributed by atoms with Gasteiger partial charge in [0.2, 0.25) is 0 Å². The van der Waals surface area contributed by atoms with Gasteiger partial charge in [-0.25, -0.2) is 8.78 Å². The lowest BCUT2D eigenvalue weighted by molar-refractivity contribution is 0.0353. The van der Waals surface area contributed by atoms with Gasteiger partial charge in [0.1, 0.15) is 11.6 Å². The molecule has 0 amide bonds. The van der Waals surface area contributed by atoms with Crippen LogP contribution in [0.1, 0.15) is 37.4 Å².